The summed E-state index contributed by atoms with van der Waals surface area (Å²) in [6, 6.07) is 15.8. The van der Waals surface area contributed by atoms with Crippen LogP contribution in [0.3, 0.4) is 0 Å². The summed E-state index contributed by atoms with van der Waals surface area (Å²) in [6.45, 7) is 1.32. The first-order valence-electron chi connectivity index (χ1n) is 13.4. The summed E-state index contributed by atoms with van der Waals surface area (Å²) in [4.78, 5) is 37.3. The molecule has 3 heterocycles. The molecule has 0 saturated carbocycles. The average molecular weight is 496 g/mol. The molecule has 3 aromatic rings. The Balaban J connectivity index is 1.04. The number of para-hydroxylation sites is 2. The molecule has 6 rings (SSSR count). The fraction of sp³-hybridized carbons (Fsp3) is 0.367. The van der Waals surface area contributed by atoms with Crippen molar-refractivity contribution in [3.05, 3.63) is 88.9 Å². The minimum Gasteiger partial charge on any atom is -0.369 e. The van der Waals surface area contributed by atoms with E-state index >= 15 is 0 Å². The highest BCUT2D eigenvalue weighted by atomic mass is 16.2. The van der Waals surface area contributed by atoms with Crippen LogP contribution in [0, 0.1) is 0 Å². The molecule has 2 unspecified atom stereocenters. The highest BCUT2D eigenvalue weighted by Crippen LogP contribution is 2.33. The summed E-state index contributed by atoms with van der Waals surface area (Å²) in [7, 11) is 2.20. The lowest BCUT2D eigenvalue weighted by Gasteiger charge is -2.41. The maximum Gasteiger partial charge on any atom is 0.261 e. The van der Waals surface area contributed by atoms with E-state index in [1.165, 1.54) is 22.6 Å². The van der Waals surface area contributed by atoms with Crippen LogP contribution in [0.4, 0.5) is 0 Å². The number of likely N-dealkylation sites (N-methyl/N-ethyl adjacent to an activating group) is 1. The van der Waals surface area contributed by atoms with Crippen LogP contribution in [-0.4, -0.2) is 63.8 Å². The van der Waals surface area contributed by atoms with Gasteiger partial charge in [0.15, 0.2) is 0 Å². The molecule has 7 nitrogen and oxygen atoms in total. The first-order valence-corrected chi connectivity index (χ1v) is 13.4. The number of hydrogen-bond acceptors (Lipinski definition) is 5. The molecular formula is C30H33N5O2. The highest BCUT2D eigenvalue weighted by molar-refractivity contribution is 6.21. The second kappa shape index (κ2) is 9.98. The van der Waals surface area contributed by atoms with Crippen molar-refractivity contribution >= 4 is 22.8 Å². The van der Waals surface area contributed by atoms with E-state index in [1.807, 2.05) is 30.3 Å². The number of allylic oxidation sites excluding steroid dienone is 2. The van der Waals surface area contributed by atoms with Crippen molar-refractivity contribution in [2.24, 2.45) is 0 Å². The zero-order valence-electron chi connectivity index (χ0n) is 21.2. The predicted molar refractivity (Wildman–Crippen MR) is 144 cm³/mol. The Morgan fingerprint density at radius 3 is 2.57 bits per heavy atom. The Hall–Kier alpha value is -3.71. The zero-order chi connectivity index (χ0) is 25.4. The molecule has 190 valence electrons. The normalized spacial score (nSPS) is 21.2. The molecule has 2 aliphatic heterocycles. The van der Waals surface area contributed by atoms with Crippen LogP contribution in [-0.2, 0) is 6.42 Å². The van der Waals surface area contributed by atoms with Crippen molar-refractivity contribution in [1.29, 1.82) is 0 Å². The number of imidazole rings is 1. The van der Waals surface area contributed by atoms with Gasteiger partial charge in [0.05, 0.1) is 28.2 Å². The number of amides is 2. The SMILES string of the molecule is CN1C2=C(C=CC1Cc1nc3ccccc3[nH]1)CCCC2NCCCCN1C(=O)c2ccccc2C1=O. The largest absolute Gasteiger partial charge is 0.369 e. The number of nitrogens with one attached hydrogen (secondary N) is 2. The lowest BCUT2D eigenvalue weighted by molar-refractivity contribution is 0.0651. The number of imide groups is 1. The second-order valence-corrected chi connectivity index (χ2v) is 10.3. The van der Waals surface area contributed by atoms with Gasteiger partial charge in [0.2, 0.25) is 0 Å². The third-order valence-corrected chi connectivity index (χ3v) is 7.91. The molecule has 3 aliphatic rings. The number of nitrogens with zero attached hydrogens (tertiary/aromatic N) is 3. The van der Waals surface area contributed by atoms with Crippen LogP contribution < -0.4 is 5.32 Å². The van der Waals surface area contributed by atoms with Crippen LogP contribution in [0.15, 0.2) is 72.0 Å². The van der Waals surface area contributed by atoms with E-state index in [4.69, 9.17) is 4.98 Å². The first kappa shape index (κ1) is 23.7. The summed E-state index contributed by atoms with van der Waals surface area (Å²) in [5, 5.41) is 3.78. The maximum absolute atomic E-state index is 12.6. The zero-order valence-corrected chi connectivity index (χ0v) is 21.2. The molecule has 2 amide bonds. The Morgan fingerprint density at radius 2 is 1.78 bits per heavy atom. The van der Waals surface area contributed by atoms with Crippen molar-refractivity contribution in [1.82, 2.24) is 25.1 Å². The number of carbonyl (C=O) groups is 2. The number of aromatic amines is 1. The highest BCUT2D eigenvalue weighted by Gasteiger charge is 2.34. The van der Waals surface area contributed by atoms with Gasteiger partial charge >= 0.3 is 0 Å². The molecular weight excluding hydrogens is 462 g/mol. The number of H-pyrrole nitrogens is 1. The minimum absolute atomic E-state index is 0.165. The third-order valence-electron chi connectivity index (χ3n) is 7.91. The van der Waals surface area contributed by atoms with Crippen molar-refractivity contribution in [2.75, 3.05) is 20.1 Å². The van der Waals surface area contributed by atoms with Gasteiger partial charge in [-0.1, -0.05) is 36.4 Å². The number of carbonyl (C=O) groups excluding carboxylic acids is 2. The molecule has 0 spiro atoms. The quantitative estimate of drug-likeness (QED) is 0.357. The third kappa shape index (κ3) is 4.48. The summed E-state index contributed by atoms with van der Waals surface area (Å²) in [6.07, 6.45) is 10.6. The van der Waals surface area contributed by atoms with E-state index < -0.39 is 0 Å². The molecule has 37 heavy (non-hydrogen) atoms. The smallest absolute Gasteiger partial charge is 0.261 e. The topological polar surface area (TPSA) is 81.3 Å². The number of benzene rings is 2. The van der Waals surface area contributed by atoms with Crippen molar-refractivity contribution in [3.8, 4) is 0 Å². The molecule has 0 radical (unpaired) electrons. The molecule has 2 N–H and O–H groups in total. The average Bonchev–Trinajstić information content (AvgIpc) is 3.44. The molecule has 0 fully saturated rings. The summed E-state index contributed by atoms with van der Waals surface area (Å²) in [5.74, 6) is 0.684. The van der Waals surface area contributed by atoms with E-state index in [0.29, 0.717) is 23.7 Å². The minimum atomic E-state index is -0.165. The lowest BCUT2D eigenvalue weighted by atomic mass is 9.87. The van der Waals surface area contributed by atoms with Gasteiger partial charge in [-0.15, -0.1) is 0 Å². The predicted octanol–water partition coefficient (Wildman–Crippen LogP) is 4.45. The number of rotatable bonds is 8. The van der Waals surface area contributed by atoms with Gasteiger partial charge in [-0.2, -0.15) is 0 Å². The Bertz CT molecular complexity index is 1340. The first-order chi connectivity index (χ1) is 18.1. The van der Waals surface area contributed by atoms with Crippen molar-refractivity contribution < 1.29 is 9.59 Å². The van der Waals surface area contributed by atoms with E-state index in [9.17, 15) is 9.59 Å². The van der Waals surface area contributed by atoms with Gasteiger partial charge in [0, 0.05) is 31.8 Å². The number of hydrogen-bond donors (Lipinski definition) is 2. The van der Waals surface area contributed by atoms with E-state index in [-0.39, 0.29) is 17.9 Å². The van der Waals surface area contributed by atoms with E-state index in [1.54, 1.807) is 12.1 Å². The van der Waals surface area contributed by atoms with Crippen LogP contribution in [0.5, 0.6) is 0 Å². The van der Waals surface area contributed by atoms with Gasteiger partial charge in [-0.25, -0.2) is 4.98 Å². The van der Waals surface area contributed by atoms with Crippen molar-refractivity contribution in [2.45, 2.75) is 50.6 Å². The molecule has 2 aromatic carbocycles. The molecule has 0 bridgehead atoms. The number of unbranched alkanes of at least 4 members (excludes halogenated alkanes) is 1. The molecule has 1 aromatic heterocycles. The van der Waals surface area contributed by atoms with Crippen LogP contribution in [0.1, 0.15) is 58.6 Å². The fourth-order valence-electron chi connectivity index (χ4n) is 5.98. The molecule has 1 aliphatic carbocycles. The standard InChI is InChI=1S/C30H33N5O2/c1-34-21(19-27-32-24-12-4-5-13-25(24)33-27)16-15-20-9-8-14-26(28(20)34)31-17-6-7-18-35-29(36)22-10-2-3-11-23(22)30(35)37/h2-5,10-13,15-16,21,26,31H,6-9,14,17-19H2,1H3,(H,32,33). The molecule has 0 saturated heterocycles. The fourth-order valence-corrected chi connectivity index (χ4v) is 5.98. The molecule has 2 atom stereocenters. The van der Waals surface area contributed by atoms with Crippen LogP contribution >= 0.6 is 0 Å². The number of fused-ring (bicyclic) bond motifs is 2. The monoisotopic (exact) mass is 495 g/mol. The molecule has 7 heteroatoms. The van der Waals surface area contributed by atoms with Gasteiger partial charge in [0.25, 0.3) is 11.8 Å². The van der Waals surface area contributed by atoms with Gasteiger partial charge < -0.3 is 15.2 Å². The summed E-state index contributed by atoms with van der Waals surface area (Å²) in [5.41, 5.74) is 5.97. The van der Waals surface area contributed by atoms with Crippen LogP contribution in [0.25, 0.3) is 11.0 Å². The van der Waals surface area contributed by atoms with Gasteiger partial charge in [0.1, 0.15) is 5.82 Å². The Morgan fingerprint density at radius 1 is 1.03 bits per heavy atom. The Kier molecular flexibility index (Phi) is 6.38. The van der Waals surface area contributed by atoms with E-state index in [2.05, 4.69) is 40.5 Å². The van der Waals surface area contributed by atoms with Crippen molar-refractivity contribution in [3.63, 3.8) is 0 Å². The Labute approximate surface area is 217 Å². The van der Waals surface area contributed by atoms with Gasteiger partial charge in [-0.05, 0) is 68.5 Å². The van der Waals surface area contributed by atoms with Gasteiger partial charge in [-0.3, -0.25) is 14.5 Å². The maximum atomic E-state index is 12.6. The van der Waals surface area contributed by atoms with Crippen LogP contribution in [0.2, 0.25) is 0 Å². The lowest BCUT2D eigenvalue weighted by Crippen LogP contribution is -2.45. The summed E-state index contributed by atoms with van der Waals surface area (Å²) >= 11 is 0. The second-order valence-electron chi connectivity index (χ2n) is 10.3. The number of aromatic nitrogens is 2. The van der Waals surface area contributed by atoms with E-state index in [0.717, 1.165) is 55.5 Å². The summed E-state index contributed by atoms with van der Waals surface area (Å²) < 4.78 is 0.